The highest BCUT2D eigenvalue weighted by Gasteiger charge is 2.25. The van der Waals surface area contributed by atoms with Gasteiger partial charge in [0.15, 0.2) is 0 Å². The Labute approximate surface area is 88.1 Å². The van der Waals surface area contributed by atoms with Gasteiger partial charge < -0.3 is 16.2 Å². The monoisotopic (exact) mass is 206 g/mol. The Bertz CT molecular complexity index is 379. The second-order valence-electron chi connectivity index (χ2n) is 3.85. The van der Waals surface area contributed by atoms with Gasteiger partial charge in [-0.15, -0.1) is 0 Å². The zero-order chi connectivity index (χ0) is 10.8. The van der Waals surface area contributed by atoms with Crippen LogP contribution in [0.4, 0.5) is 5.69 Å². The van der Waals surface area contributed by atoms with E-state index in [0.717, 1.165) is 12.2 Å². The van der Waals surface area contributed by atoms with Crippen molar-refractivity contribution in [2.45, 2.75) is 18.4 Å². The fourth-order valence-corrected chi connectivity index (χ4v) is 1.97. The second kappa shape index (κ2) is 3.90. The molecule has 0 fully saturated rings. The summed E-state index contributed by atoms with van der Waals surface area (Å²) >= 11 is 0. The van der Waals surface area contributed by atoms with Crippen LogP contribution in [0.15, 0.2) is 24.3 Å². The second-order valence-corrected chi connectivity index (χ2v) is 3.85. The predicted molar refractivity (Wildman–Crippen MR) is 57.9 cm³/mol. The third kappa shape index (κ3) is 1.94. The third-order valence-electron chi connectivity index (χ3n) is 2.80. The normalized spacial score (nSPS) is 20.5. The summed E-state index contributed by atoms with van der Waals surface area (Å²) < 4.78 is 0. The molecule has 4 nitrogen and oxygen atoms in total. The van der Waals surface area contributed by atoms with Crippen LogP contribution in [-0.2, 0) is 4.79 Å². The highest BCUT2D eigenvalue weighted by atomic mass is 16.4. The first-order valence-electron chi connectivity index (χ1n) is 4.99. The Morgan fingerprint density at radius 1 is 1.60 bits per heavy atom. The molecule has 0 saturated carbocycles. The summed E-state index contributed by atoms with van der Waals surface area (Å²) in [5.41, 5.74) is 7.80. The van der Waals surface area contributed by atoms with E-state index in [9.17, 15) is 4.79 Å². The first-order chi connectivity index (χ1) is 7.18. The Kier molecular flexibility index (Phi) is 2.60. The van der Waals surface area contributed by atoms with Crippen LogP contribution in [-0.4, -0.2) is 23.7 Å². The summed E-state index contributed by atoms with van der Waals surface area (Å²) in [4.78, 5) is 10.7. The molecular weight excluding hydrogens is 192 g/mol. The lowest BCUT2D eigenvalue weighted by Gasteiger charge is -2.12. The molecule has 1 aliphatic heterocycles. The molecule has 1 heterocycles. The molecule has 0 spiro atoms. The molecule has 4 heteroatoms. The SMILES string of the molecule is NC(CC1CNc2ccccc21)C(=O)O. The van der Waals surface area contributed by atoms with Crippen molar-refractivity contribution in [1.29, 1.82) is 0 Å². The maximum absolute atomic E-state index is 10.7. The molecule has 0 bridgehead atoms. The summed E-state index contributed by atoms with van der Waals surface area (Å²) in [5, 5.41) is 12.0. The lowest BCUT2D eigenvalue weighted by Crippen LogP contribution is -2.32. The van der Waals surface area contributed by atoms with E-state index < -0.39 is 12.0 Å². The standard InChI is InChI=1S/C11H14N2O2/c12-9(11(14)15)5-7-6-13-10-4-2-1-3-8(7)10/h1-4,7,9,13H,5-6,12H2,(H,14,15). The van der Waals surface area contributed by atoms with Crippen molar-refractivity contribution in [2.75, 3.05) is 11.9 Å². The number of anilines is 1. The van der Waals surface area contributed by atoms with Gasteiger partial charge in [0, 0.05) is 18.2 Å². The highest BCUT2D eigenvalue weighted by Crippen LogP contribution is 2.33. The van der Waals surface area contributed by atoms with Gasteiger partial charge in [-0.25, -0.2) is 0 Å². The molecular formula is C11H14N2O2. The van der Waals surface area contributed by atoms with E-state index in [0.29, 0.717) is 6.42 Å². The molecule has 2 rings (SSSR count). The van der Waals surface area contributed by atoms with Crippen molar-refractivity contribution in [1.82, 2.24) is 0 Å². The van der Waals surface area contributed by atoms with Gasteiger partial charge in [-0.05, 0) is 18.1 Å². The van der Waals surface area contributed by atoms with Gasteiger partial charge in [0.2, 0.25) is 0 Å². The van der Waals surface area contributed by atoms with Crippen LogP contribution in [0.2, 0.25) is 0 Å². The van der Waals surface area contributed by atoms with Gasteiger partial charge in [0.05, 0.1) is 0 Å². The number of carboxylic acids is 1. The Hall–Kier alpha value is -1.55. The Balaban J connectivity index is 2.11. The molecule has 0 aromatic heterocycles. The predicted octanol–water partition coefficient (Wildman–Crippen LogP) is 0.998. The first kappa shape index (κ1) is 9.98. The van der Waals surface area contributed by atoms with Crippen LogP contribution in [0.25, 0.3) is 0 Å². The summed E-state index contributed by atoms with van der Waals surface area (Å²) in [7, 11) is 0. The minimum absolute atomic E-state index is 0.215. The average Bonchev–Trinajstić information content (AvgIpc) is 2.62. The Morgan fingerprint density at radius 3 is 3.07 bits per heavy atom. The molecule has 2 atom stereocenters. The number of carboxylic acid groups (broad SMARTS) is 1. The maximum Gasteiger partial charge on any atom is 0.320 e. The average molecular weight is 206 g/mol. The number of hydrogen-bond acceptors (Lipinski definition) is 3. The van der Waals surface area contributed by atoms with Crippen LogP contribution in [0.3, 0.4) is 0 Å². The maximum atomic E-state index is 10.7. The van der Waals surface area contributed by atoms with Crippen LogP contribution >= 0.6 is 0 Å². The number of rotatable bonds is 3. The lowest BCUT2D eigenvalue weighted by atomic mass is 9.94. The molecule has 1 aromatic rings. The number of fused-ring (bicyclic) bond motifs is 1. The molecule has 0 radical (unpaired) electrons. The van der Waals surface area contributed by atoms with E-state index in [-0.39, 0.29) is 5.92 Å². The summed E-state index contributed by atoms with van der Waals surface area (Å²) in [6, 6.07) is 7.18. The summed E-state index contributed by atoms with van der Waals surface area (Å²) in [6.07, 6.45) is 0.485. The topological polar surface area (TPSA) is 75.3 Å². The molecule has 1 aromatic carbocycles. The zero-order valence-electron chi connectivity index (χ0n) is 8.31. The molecule has 80 valence electrons. The van der Waals surface area contributed by atoms with Gasteiger partial charge >= 0.3 is 5.97 Å². The van der Waals surface area contributed by atoms with Crippen LogP contribution in [0.5, 0.6) is 0 Å². The van der Waals surface area contributed by atoms with Crippen molar-refractivity contribution >= 4 is 11.7 Å². The number of benzene rings is 1. The fourth-order valence-electron chi connectivity index (χ4n) is 1.97. The molecule has 0 saturated heterocycles. The van der Waals surface area contributed by atoms with Gasteiger partial charge in [-0.3, -0.25) is 4.79 Å². The largest absolute Gasteiger partial charge is 0.480 e. The van der Waals surface area contributed by atoms with E-state index in [1.165, 1.54) is 5.56 Å². The minimum atomic E-state index is -0.931. The van der Waals surface area contributed by atoms with Gasteiger partial charge in [0.1, 0.15) is 6.04 Å². The first-order valence-corrected chi connectivity index (χ1v) is 4.99. The molecule has 2 unspecified atom stereocenters. The molecule has 0 aliphatic carbocycles. The number of carbonyl (C=O) groups is 1. The number of nitrogens with one attached hydrogen (secondary N) is 1. The van der Waals surface area contributed by atoms with Crippen LogP contribution in [0.1, 0.15) is 17.9 Å². The van der Waals surface area contributed by atoms with Crippen molar-refractivity contribution in [3.63, 3.8) is 0 Å². The van der Waals surface area contributed by atoms with Gasteiger partial charge in [-0.2, -0.15) is 0 Å². The quantitative estimate of drug-likeness (QED) is 0.689. The molecule has 15 heavy (non-hydrogen) atoms. The third-order valence-corrected chi connectivity index (χ3v) is 2.80. The van der Waals surface area contributed by atoms with E-state index >= 15 is 0 Å². The number of nitrogens with two attached hydrogens (primary N) is 1. The van der Waals surface area contributed by atoms with E-state index in [1.54, 1.807) is 0 Å². The minimum Gasteiger partial charge on any atom is -0.480 e. The highest BCUT2D eigenvalue weighted by molar-refractivity contribution is 5.73. The molecule has 0 amide bonds. The van der Waals surface area contributed by atoms with Crippen molar-refractivity contribution in [3.8, 4) is 0 Å². The van der Waals surface area contributed by atoms with Crippen molar-refractivity contribution < 1.29 is 9.90 Å². The van der Waals surface area contributed by atoms with Crippen molar-refractivity contribution in [3.05, 3.63) is 29.8 Å². The van der Waals surface area contributed by atoms with Gasteiger partial charge in [-0.1, -0.05) is 18.2 Å². The zero-order valence-corrected chi connectivity index (χ0v) is 8.31. The fraction of sp³-hybridized carbons (Fsp3) is 0.364. The summed E-state index contributed by atoms with van der Waals surface area (Å²) in [6.45, 7) is 0.778. The van der Waals surface area contributed by atoms with E-state index in [4.69, 9.17) is 10.8 Å². The molecule has 4 N–H and O–H groups in total. The molecule has 1 aliphatic rings. The van der Waals surface area contributed by atoms with Crippen LogP contribution < -0.4 is 11.1 Å². The smallest absolute Gasteiger partial charge is 0.320 e. The van der Waals surface area contributed by atoms with E-state index in [2.05, 4.69) is 5.32 Å². The number of aliphatic carboxylic acids is 1. The Morgan fingerprint density at radius 2 is 2.33 bits per heavy atom. The summed E-state index contributed by atoms with van der Waals surface area (Å²) in [5.74, 6) is -0.716. The van der Waals surface area contributed by atoms with Crippen LogP contribution in [0, 0.1) is 0 Å². The van der Waals surface area contributed by atoms with Crippen molar-refractivity contribution in [2.24, 2.45) is 5.73 Å². The lowest BCUT2D eigenvalue weighted by molar-refractivity contribution is -0.138. The number of para-hydroxylation sites is 1. The van der Waals surface area contributed by atoms with E-state index in [1.807, 2.05) is 24.3 Å². The number of hydrogen-bond donors (Lipinski definition) is 3. The van der Waals surface area contributed by atoms with Gasteiger partial charge in [0.25, 0.3) is 0 Å².